The fourth-order valence-corrected chi connectivity index (χ4v) is 2.20. The molecule has 0 unspecified atom stereocenters. The number of aryl methyl sites for hydroxylation is 2. The standard InChI is InChI=1S/C14H17N/c1-9(2)14-11(4)5-6-13-12(14)7-10(3)8-15-13/h5-9H,1-4H3. The van der Waals surface area contributed by atoms with Crippen molar-refractivity contribution in [2.75, 3.05) is 0 Å². The average molecular weight is 199 g/mol. The summed E-state index contributed by atoms with van der Waals surface area (Å²) >= 11 is 0. The number of hydrogen-bond donors (Lipinski definition) is 0. The highest BCUT2D eigenvalue weighted by Gasteiger charge is 2.08. The first-order valence-corrected chi connectivity index (χ1v) is 5.45. The molecule has 2 aromatic rings. The van der Waals surface area contributed by atoms with E-state index in [1.54, 1.807) is 0 Å². The lowest BCUT2D eigenvalue weighted by Gasteiger charge is -2.13. The van der Waals surface area contributed by atoms with Crippen molar-refractivity contribution in [1.82, 2.24) is 4.98 Å². The molecule has 0 N–H and O–H groups in total. The minimum atomic E-state index is 0.553. The highest BCUT2D eigenvalue weighted by atomic mass is 14.6. The van der Waals surface area contributed by atoms with Gasteiger partial charge in [0.2, 0.25) is 0 Å². The van der Waals surface area contributed by atoms with Crippen LogP contribution in [-0.2, 0) is 0 Å². The van der Waals surface area contributed by atoms with E-state index in [4.69, 9.17) is 0 Å². The summed E-state index contributed by atoms with van der Waals surface area (Å²) < 4.78 is 0. The molecule has 15 heavy (non-hydrogen) atoms. The van der Waals surface area contributed by atoms with Crippen molar-refractivity contribution >= 4 is 10.9 Å². The summed E-state index contributed by atoms with van der Waals surface area (Å²) in [5.74, 6) is 0.553. The summed E-state index contributed by atoms with van der Waals surface area (Å²) in [4.78, 5) is 4.46. The Balaban J connectivity index is 2.84. The van der Waals surface area contributed by atoms with Crippen LogP contribution in [0.2, 0.25) is 0 Å². The minimum absolute atomic E-state index is 0.553. The van der Waals surface area contributed by atoms with Gasteiger partial charge in [0.15, 0.2) is 0 Å². The van der Waals surface area contributed by atoms with Gasteiger partial charge in [-0.3, -0.25) is 4.98 Å². The third kappa shape index (κ3) is 1.74. The zero-order valence-electron chi connectivity index (χ0n) is 9.83. The molecule has 0 aliphatic heterocycles. The maximum absolute atomic E-state index is 4.46. The van der Waals surface area contributed by atoms with Crippen molar-refractivity contribution < 1.29 is 0 Å². The van der Waals surface area contributed by atoms with Crippen LogP contribution in [0, 0.1) is 13.8 Å². The molecule has 0 fully saturated rings. The fourth-order valence-electron chi connectivity index (χ4n) is 2.20. The molecule has 0 bridgehead atoms. The van der Waals surface area contributed by atoms with E-state index in [-0.39, 0.29) is 0 Å². The molecule has 0 atom stereocenters. The third-order valence-corrected chi connectivity index (χ3v) is 2.84. The van der Waals surface area contributed by atoms with Crippen LogP contribution in [-0.4, -0.2) is 4.98 Å². The number of pyridine rings is 1. The first-order valence-electron chi connectivity index (χ1n) is 5.45. The van der Waals surface area contributed by atoms with Gasteiger partial charge in [0.25, 0.3) is 0 Å². The van der Waals surface area contributed by atoms with E-state index in [0.717, 1.165) is 5.52 Å². The van der Waals surface area contributed by atoms with Crippen LogP contribution in [0.3, 0.4) is 0 Å². The number of fused-ring (bicyclic) bond motifs is 1. The number of nitrogens with zero attached hydrogens (tertiary/aromatic N) is 1. The summed E-state index contributed by atoms with van der Waals surface area (Å²) in [6.45, 7) is 8.75. The van der Waals surface area contributed by atoms with Gasteiger partial charge in [-0.15, -0.1) is 0 Å². The van der Waals surface area contributed by atoms with Gasteiger partial charge in [0, 0.05) is 11.6 Å². The van der Waals surface area contributed by atoms with E-state index >= 15 is 0 Å². The smallest absolute Gasteiger partial charge is 0.0705 e. The topological polar surface area (TPSA) is 12.9 Å². The van der Waals surface area contributed by atoms with E-state index < -0.39 is 0 Å². The molecule has 2 rings (SSSR count). The summed E-state index contributed by atoms with van der Waals surface area (Å²) in [6.07, 6.45) is 1.93. The Morgan fingerprint density at radius 1 is 1.13 bits per heavy atom. The molecular weight excluding hydrogens is 182 g/mol. The second kappa shape index (κ2) is 3.65. The highest BCUT2D eigenvalue weighted by Crippen LogP contribution is 2.28. The minimum Gasteiger partial charge on any atom is -0.256 e. The Morgan fingerprint density at radius 3 is 2.53 bits per heavy atom. The molecule has 0 saturated heterocycles. The first-order chi connectivity index (χ1) is 7.09. The van der Waals surface area contributed by atoms with Crippen LogP contribution >= 0.6 is 0 Å². The number of rotatable bonds is 1. The molecule has 1 aromatic carbocycles. The highest BCUT2D eigenvalue weighted by molar-refractivity contribution is 5.84. The van der Waals surface area contributed by atoms with Crippen LogP contribution in [0.4, 0.5) is 0 Å². The third-order valence-electron chi connectivity index (χ3n) is 2.84. The van der Waals surface area contributed by atoms with Gasteiger partial charge in [-0.2, -0.15) is 0 Å². The Kier molecular flexibility index (Phi) is 2.47. The van der Waals surface area contributed by atoms with Crippen LogP contribution in [0.5, 0.6) is 0 Å². The van der Waals surface area contributed by atoms with Crippen LogP contribution in [0.25, 0.3) is 10.9 Å². The SMILES string of the molecule is Cc1cnc2ccc(C)c(C(C)C)c2c1. The largest absolute Gasteiger partial charge is 0.256 e. The summed E-state index contributed by atoms with van der Waals surface area (Å²) in [7, 11) is 0. The van der Waals surface area contributed by atoms with Gasteiger partial charge in [0.05, 0.1) is 5.52 Å². The summed E-state index contributed by atoms with van der Waals surface area (Å²) in [6, 6.07) is 6.51. The van der Waals surface area contributed by atoms with Gasteiger partial charge >= 0.3 is 0 Å². The second-order valence-corrected chi connectivity index (χ2v) is 4.53. The van der Waals surface area contributed by atoms with E-state index in [1.807, 2.05) is 6.20 Å². The molecule has 0 amide bonds. The van der Waals surface area contributed by atoms with Crippen molar-refractivity contribution in [2.45, 2.75) is 33.6 Å². The molecule has 78 valence electrons. The molecule has 1 nitrogen and oxygen atoms in total. The molecule has 0 aliphatic carbocycles. The molecule has 1 heteroatoms. The molecule has 1 aromatic heterocycles. The predicted molar refractivity (Wildman–Crippen MR) is 65.3 cm³/mol. The fraction of sp³-hybridized carbons (Fsp3) is 0.357. The normalized spacial score (nSPS) is 11.3. The van der Waals surface area contributed by atoms with Crippen molar-refractivity contribution in [1.29, 1.82) is 0 Å². The molecule has 0 saturated carbocycles. The lowest BCUT2D eigenvalue weighted by molar-refractivity contribution is 0.866. The predicted octanol–water partition coefficient (Wildman–Crippen LogP) is 3.98. The molecule has 0 radical (unpaired) electrons. The van der Waals surface area contributed by atoms with Gasteiger partial charge < -0.3 is 0 Å². The quantitative estimate of drug-likeness (QED) is 0.677. The zero-order chi connectivity index (χ0) is 11.0. The van der Waals surface area contributed by atoms with Crippen molar-refractivity contribution in [2.24, 2.45) is 0 Å². The molecule has 1 heterocycles. The lowest BCUT2D eigenvalue weighted by atomic mass is 9.93. The maximum atomic E-state index is 4.46. The average Bonchev–Trinajstić information content (AvgIpc) is 2.16. The Hall–Kier alpha value is -1.37. The monoisotopic (exact) mass is 199 g/mol. The van der Waals surface area contributed by atoms with Crippen LogP contribution < -0.4 is 0 Å². The van der Waals surface area contributed by atoms with Gasteiger partial charge in [-0.25, -0.2) is 0 Å². The number of benzene rings is 1. The van der Waals surface area contributed by atoms with Crippen molar-refractivity contribution in [3.8, 4) is 0 Å². The van der Waals surface area contributed by atoms with E-state index in [1.165, 1.54) is 22.1 Å². The van der Waals surface area contributed by atoms with Gasteiger partial charge in [-0.1, -0.05) is 19.9 Å². The Morgan fingerprint density at radius 2 is 1.87 bits per heavy atom. The van der Waals surface area contributed by atoms with Gasteiger partial charge in [0.1, 0.15) is 0 Å². The van der Waals surface area contributed by atoms with Crippen molar-refractivity contribution in [3.63, 3.8) is 0 Å². The van der Waals surface area contributed by atoms with Crippen molar-refractivity contribution in [3.05, 3.63) is 41.1 Å². The number of hydrogen-bond acceptors (Lipinski definition) is 1. The molecule has 0 aliphatic rings. The van der Waals surface area contributed by atoms with E-state index in [9.17, 15) is 0 Å². The first kappa shape index (κ1) is 10.2. The van der Waals surface area contributed by atoms with E-state index in [0.29, 0.717) is 5.92 Å². The molecule has 0 spiro atoms. The lowest BCUT2D eigenvalue weighted by Crippen LogP contribution is -1.95. The molecular formula is C14H17N. The van der Waals surface area contributed by atoms with Crippen LogP contribution in [0.15, 0.2) is 24.4 Å². The summed E-state index contributed by atoms with van der Waals surface area (Å²) in [5.41, 5.74) is 5.14. The van der Waals surface area contributed by atoms with E-state index in [2.05, 4.69) is 50.9 Å². The zero-order valence-corrected chi connectivity index (χ0v) is 9.83. The number of aromatic nitrogens is 1. The Bertz CT molecular complexity index is 493. The Labute approximate surface area is 91.2 Å². The second-order valence-electron chi connectivity index (χ2n) is 4.53. The maximum Gasteiger partial charge on any atom is 0.0705 e. The summed E-state index contributed by atoms with van der Waals surface area (Å²) in [5, 5.41) is 1.31. The van der Waals surface area contributed by atoms with Gasteiger partial charge in [-0.05, 0) is 48.6 Å². The van der Waals surface area contributed by atoms with Crippen LogP contribution in [0.1, 0.15) is 36.5 Å².